The molecular weight excluding hydrogens is 334 g/mol. The minimum absolute atomic E-state index is 0.675. The summed E-state index contributed by atoms with van der Waals surface area (Å²) >= 11 is 3.59. The van der Waals surface area contributed by atoms with Crippen LogP contribution in [0.2, 0.25) is 0 Å². The third kappa shape index (κ3) is 3.80. The van der Waals surface area contributed by atoms with Gasteiger partial charge in [0.1, 0.15) is 0 Å². The molecule has 0 saturated carbocycles. The lowest BCUT2D eigenvalue weighted by atomic mass is 9.87. The summed E-state index contributed by atoms with van der Waals surface area (Å²) < 4.78 is 1.21. The normalized spacial score (nSPS) is 17.5. The van der Waals surface area contributed by atoms with E-state index in [1.54, 1.807) is 0 Å². The van der Waals surface area contributed by atoms with Gasteiger partial charge in [0, 0.05) is 17.1 Å². The summed E-state index contributed by atoms with van der Waals surface area (Å²) in [6.45, 7) is 4.54. The van der Waals surface area contributed by atoms with Gasteiger partial charge < -0.3 is 0 Å². The molecule has 0 aromatic heterocycles. The van der Waals surface area contributed by atoms with Crippen LogP contribution in [0.25, 0.3) is 0 Å². The Morgan fingerprint density at radius 3 is 2.68 bits per heavy atom. The van der Waals surface area contributed by atoms with Crippen LogP contribution in [0.4, 0.5) is 0 Å². The van der Waals surface area contributed by atoms with Crippen LogP contribution in [0.15, 0.2) is 53.0 Å². The highest BCUT2D eigenvalue weighted by atomic mass is 79.9. The molecule has 0 heterocycles. The van der Waals surface area contributed by atoms with Gasteiger partial charge in [-0.25, -0.2) is 0 Å². The number of nitrogens with zero attached hydrogens (tertiary/aromatic N) is 1. The van der Waals surface area contributed by atoms with Crippen molar-refractivity contribution in [2.45, 2.75) is 45.2 Å². The van der Waals surface area contributed by atoms with Crippen LogP contribution >= 0.6 is 15.9 Å². The van der Waals surface area contributed by atoms with Crippen molar-refractivity contribution in [1.29, 1.82) is 0 Å². The van der Waals surface area contributed by atoms with Gasteiger partial charge in [0.15, 0.2) is 0 Å². The molecule has 2 heteroatoms. The van der Waals surface area contributed by atoms with Gasteiger partial charge in [0.05, 0.1) is 0 Å². The number of rotatable bonds is 5. The maximum absolute atomic E-state index is 3.59. The minimum Gasteiger partial charge on any atom is -0.296 e. The van der Waals surface area contributed by atoms with Gasteiger partial charge in [0.25, 0.3) is 0 Å². The Hall–Kier alpha value is -1.12. The Balaban J connectivity index is 1.74. The Labute approximate surface area is 142 Å². The van der Waals surface area contributed by atoms with E-state index in [1.165, 1.54) is 53.4 Å². The minimum atomic E-state index is 0.675. The zero-order valence-electron chi connectivity index (χ0n) is 13.3. The van der Waals surface area contributed by atoms with Crippen molar-refractivity contribution in [1.82, 2.24) is 4.90 Å². The largest absolute Gasteiger partial charge is 0.296 e. The molecule has 0 bridgehead atoms. The van der Waals surface area contributed by atoms with E-state index in [9.17, 15) is 0 Å². The highest BCUT2D eigenvalue weighted by Gasteiger charge is 2.24. The van der Waals surface area contributed by atoms with Crippen LogP contribution in [-0.4, -0.2) is 17.5 Å². The van der Waals surface area contributed by atoms with Crippen LogP contribution in [0.3, 0.4) is 0 Å². The summed E-state index contributed by atoms with van der Waals surface area (Å²) in [6, 6.07) is 18.3. The predicted octanol–water partition coefficient (Wildman–Crippen LogP) is 5.22. The molecule has 0 radical (unpaired) electrons. The molecule has 0 N–H and O–H groups in total. The van der Waals surface area contributed by atoms with E-state index in [4.69, 9.17) is 0 Å². The highest BCUT2D eigenvalue weighted by Crippen LogP contribution is 2.28. The number of benzene rings is 2. The lowest BCUT2D eigenvalue weighted by molar-refractivity contribution is 0.171. The molecule has 0 fully saturated rings. The second-order valence-electron chi connectivity index (χ2n) is 6.27. The van der Waals surface area contributed by atoms with Crippen LogP contribution in [0.5, 0.6) is 0 Å². The van der Waals surface area contributed by atoms with E-state index in [-0.39, 0.29) is 0 Å². The molecule has 1 aliphatic rings. The van der Waals surface area contributed by atoms with Crippen LogP contribution in [-0.2, 0) is 19.4 Å². The summed E-state index contributed by atoms with van der Waals surface area (Å²) in [6.07, 6.45) is 4.89. The van der Waals surface area contributed by atoms with Crippen LogP contribution < -0.4 is 0 Å². The predicted molar refractivity (Wildman–Crippen MR) is 97.1 cm³/mol. The lowest BCUT2D eigenvalue weighted by Gasteiger charge is -2.35. The molecule has 2 aromatic carbocycles. The van der Waals surface area contributed by atoms with Gasteiger partial charge in [-0.1, -0.05) is 59.3 Å². The summed E-state index contributed by atoms with van der Waals surface area (Å²) in [7, 11) is 0. The van der Waals surface area contributed by atoms with Crippen molar-refractivity contribution in [3.63, 3.8) is 0 Å². The zero-order chi connectivity index (χ0) is 15.4. The first kappa shape index (κ1) is 15.8. The van der Waals surface area contributed by atoms with Crippen molar-refractivity contribution >= 4 is 15.9 Å². The smallest absolute Gasteiger partial charge is 0.0236 e. The molecule has 1 atom stereocenters. The van der Waals surface area contributed by atoms with Gasteiger partial charge in [-0.3, -0.25) is 4.90 Å². The van der Waals surface area contributed by atoms with E-state index in [1.807, 2.05) is 0 Å². The molecule has 1 nitrogen and oxygen atoms in total. The summed E-state index contributed by atoms with van der Waals surface area (Å²) in [4.78, 5) is 2.68. The van der Waals surface area contributed by atoms with E-state index in [0.29, 0.717) is 6.04 Å². The number of aryl methyl sites for hydroxylation is 1. The fourth-order valence-electron chi connectivity index (χ4n) is 3.51. The van der Waals surface area contributed by atoms with Gasteiger partial charge in [0.2, 0.25) is 0 Å². The summed E-state index contributed by atoms with van der Waals surface area (Å²) in [5.41, 5.74) is 4.49. The second-order valence-corrected chi connectivity index (χ2v) is 7.18. The molecular formula is C20H24BrN. The quantitative estimate of drug-likeness (QED) is 0.708. The monoisotopic (exact) mass is 357 g/mol. The first-order valence-electron chi connectivity index (χ1n) is 8.31. The van der Waals surface area contributed by atoms with Gasteiger partial charge in [-0.2, -0.15) is 0 Å². The molecule has 0 saturated heterocycles. The third-order valence-corrected chi connectivity index (χ3v) is 5.12. The Kier molecular flexibility index (Phi) is 5.32. The fourth-order valence-corrected chi connectivity index (χ4v) is 3.92. The maximum Gasteiger partial charge on any atom is 0.0236 e. The number of fused-ring (bicyclic) bond motifs is 1. The fraction of sp³-hybridized carbons (Fsp3) is 0.400. The number of hydrogen-bond acceptors (Lipinski definition) is 1. The molecule has 0 unspecified atom stereocenters. The molecule has 116 valence electrons. The molecule has 0 spiro atoms. The Morgan fingerprint density at radius 1 is 1.09 bits per heavy atom. The molecule has 2 aromatic rings. The van der Waals surface area contributed by atoms with E-state index in [2.05, 4.69) is 76.3 Å². The van der Waals surface area contributed by atoms with E-state index < -0.39 is 0 Å². The van der Waals surface area contributed by atoms with Gasteiger partial charge >= 0.3 is 0 Å². The van der Waals surface area contributed by atoms with E-state index >= 15 is 0 Å². The highest BCUT2D eigenvalue weighted by molar-refractivity contribution is 9.10. The first-order chi connectivity index (χ1) is 10.8. The Morgan fingerprint density at radius 2 is 1.91 bits per heavy atom. The molecule has 3 rings (SSSR count). The van der Waals surface area contributed by atoms with Crippen LogP contribution in [0, 0.1) is 0 Å². The van der Waals surface area contributed by atoms with Crippen molar-refractivity contribution < 1.29 is 0 Å². The SMILES string of the molecule is CCCN(Cc1ccccc1)[C@@H]1CCc2cc(Br)ccc2C1. The topological polar surface area (TPSA) is 3.24 Å². The number of halogens is 1. The Bertz CT molecular complexity index is 608. The van der Waals surface area contributed by atoms with Gasteiger partial charge in [-0.15, -0.1) is 0 Å². The van der Waals surface area contributed by atoms with Crippen LogP contribution in [0.1, 0.15) is 36.5 Å². The summed E-state index contributed by atoms with van der Waals surface area (Å²) in [5.74, 6) is 0. The third-order valence-electron chi connectivity index (χ3n) is 4.63. The number of hydrogen-bond donors (Lipinski definition) is 0. The standard InChI is InChI=1S/C20H24BrN/c1-2-12-22(15-16-6-4-3-5-7-16)20-11-9-17-13-19(21)10-8-18(17)14-20/h3-8,10,13,20H,2,9,11-12,14-15H2,1H3/t20-/m1/s1. The molecule has 0 aliphatic heterocycles. The second kappa shape index (κ2) is 7.43. The summed E-state index contributed by atoms with van der Waals surface area (Å²) in [5, 5.41) is 0. The van der Waals surface area contributed by atoms with Gasteiger partial charge in [-0.05, 0) is 61.1 Å². The molecule has 1 aliphatic carbocycles. The van der Waals surface area contributed by atoms with Crippen molar-refractivity contribution in [2.75, 3.05) is 6.54 Å². The lowest BCUT2D eigenvalue weighted by Crippen LogP contribution is -2.39. The average Bonchev–Trinajstić information content (AvgIpc) is 2.55. The first-order valence-corrected chi connectivity index (χ1v) is 9.11. The molecule has 22 heavy (non-hydrogen) atoms. The maximum atomic E-state index is 3.59. The van der Waals surface area contributed by atoms with Crippen molar-refractivity contribution in [3.8, 4) is 0 Å². The van der Waals surface area contributed by atoms with Crippen molar-refractivity contribution in [3.05, 3.63) is 69.7 Å². The van der Waals surface area contributed by atoms with E-state index in [0.717, 1.165) is 6.54 Å². The molecule has 0 amide bonds. The van der Waals surface area contributed by atoms with Crippen molar-refractivity contribution in [2.24, 2.45) is 0 Å². The average molecular weight is 358 g/mol. The zero-order valence-corrected chi connectivity index (χ0v) is 14.8.